The van der Waals surface area contributed by atoms with E-state index in [1.54, 1.807) is 24.3 Å². The van der Waals surface area contributed by atoms with Crippen LogP contribution < -0.4 is 15.5 Å². The lowest BCUT2D eigenvalue weighted by Crippen LogP contribution is -2.17. The Morgan fingerprint density at radius 1 is 1.23 bits per heavy atom. The van der Waals surface area contributed by atoms with Crippen LogP contribution in [-0.2, 0) is 4.79 Å². The van der Waals surface area contributed by atoms with Gasteiger partial charge in [-0.1, -0.05) is 19.1 Å². The molecule has 0 aromatic heterocycles. The molecular weight excluding hydrogens is 350 g/mol. The number of para-hydroxylation sites is 1. The summed E-state index contributed by atoms with van der Waals surface area (Å²) in [6.07, 6.45) is 1.03. The average molecular weight is 369 g/mol. The Kier molecular flexibility index (Phi) is 5.65. The van der Waals surface area contributed by atoms with Crippen LogP contribution in [0.4, 0.5) is 17.1 Å². The number of fused-ring (bicyclic) bond motifs is 1. The molecule has 1 aliphatic heterocycles. The van der Waals surface area contributed by atoms with Crippen LogP contribution in [0.1, 0.15) is 25.8 Å². The first kappa shape index (κ1) is 18.1. The minimum absolute atomic E-state index is 0.234. The fourth-order valence-electron chi connectivity index (χ4n) is 2.32. The highest BCUT2D eigenvalue weighted by Gasteiger charge is 2.26. The summed E-state index contributed by atoms with van der Waals surface area (Å²) >= 11 is 1.52. The van der Waals surface area contributed by atoms with Gasteiger partial charge in [0.1, 0.15) is 5.69 Å². The number of amides is 1. The highest BCUT2D eigenvalue weighted by atomic mass is 32.2. The van der Waals surface area contributed by atoms with E-state index in [2.05, 4.69) is 39.6 Å². The third-order valence-electron chi connectivity index (χ3n) is 3.99. The van der Waals surface area contributed by atoms with Crippen LogP contribution >= 0.6 is 11.9 Å². The maximum absolute atomic E-state index is 12.2. The van der Waals surface area contributed by atoms with E-state index in [-0.39, 0.29) is 17.3 Å². The molecule has 1 aliphatic rings. The van der Waals surface area contributed by atoms with Gasteiger partial charge in [0.15, 0.2) is 5.71 Å². The van der Waals surface area contributed by atoms with Crippen LogP contribution in [0.25, 0.3) is 0 Å². The number of carbonyl (C=O) groups is 1. The van der Waals surface area contributed by atoms with Crippen molar-refractivity contribution in [2.24, 2.45) is 10.3 Å². The molecule has 0 saturated carbocycles. The van der Waals surface area contributed by atoms with Gasteiger partial charge in [-0.15, -0.1) is 4.91 Å². The first-order valence-electron chi connectivity index (χ1n) is 8.26. The van der Waals surface area contributed by atoms with E-state index in [0.29, 0.717) is 17.4 Å². The van der Waals surface area contributed by atoms with Crippen molar-refractivity contribution in [3.8, 4) is 0 Å². The monoisotopic (exact) mass is 369 g/mol. The zero-order valence-electron chi connectivity index (χ0n) is 14.4. The number of hydrogen-bond acceptors (Lipinski definition) is 7. The Morgan fingerprint density at radius 3 is 2.81 bits per heavy atom. The fourth-order valence-corrected chi connectivity index (χ4v) is 3.14. The molecular formula is C18H19N5O2S. The summed E-state index contributed by atoms with van der Waals surface area (Å²) in [5.41, 5.74) is 5.15. The molecule has 0 spiro atoms. The molecule has 134 valence electrons. The van der Waals surface area contributed by atoms with Crippen molar-refractivity contribution < 1.29 is 4.79 Å². The van der Waals surface area contributed by atoms with E-state index in [1.807, 2.05) is 18.2 Å². The van der Waals surface area contributed by atoms with E-state index in [4.69, 9.17) is 0 Å². The zero-order valence-corrected chi connectivity index (χ0v) is 15.3. The smallest absolute Gasteiger partial charge is 0.276 e. The predicted octanol–water partition coefficient (Wildman–Crippen LogP) is 4.25. The number of hydrazone groups is 1. The number of nitroso groups, excluding NO2 is 1. The second-order valence-electron chi connectivity index (χ2n) is 5.87. The minimum atomic E-state index is -0.291. The van der Waals surface area contributed by atoms with Gasteiger partial charge in [0, 0.05) is 16.5 Å². The third-order valence-corrected chi connectivity index (χ3v) is 5.00. The van der Waals surface area contributed by atoms with Gasteiger partial charge in [-0.25, -0.2) is 0 Å². The van der Waals surface area contributed by atoms with Crippen LogP contribution in [0.5, 0.6) is 0 Å². The Morgan fingerprint density at radius 2 is 2.04 bits per heavy atom. The van der Waals surface area contributed by atoms with E-state index >= 15 is 0 Å². The number of rotatable bonds is 7. The summed E-state index contributed by atoms with van der Waals surface area (Å²) in [7, 11) is 0. The van der Waals surface area contributed by atoms with Gasteiger partial charge < -0.3 is 5.32 Å². The van der Waals surface area contributed by atoms with E-state index in [9.17, 15) is 9.70 Å². The summed E-state index contributed by atoms with van der Waals surface area (Å²) in [6.45, 7) is 4.23. The summed E-state index contributed by atoms with van der Waals surface area (Å²) in [4.78, 5) is 24.1. The molecule has 2 aromatic carbocycles. The molecule has 1 unspecified atom stereocenters. The SMILES string of the molecule is CCC(C)NSc1ccc2c(c1)/C(=N/Nc1ccccc1N=O)C(=O)N2. The molecule has 1 heterocycles. The highest BCUT2D eigenvalue weighted by molar-refractivity contribution is 7.97. The number of hydrogen-bond donors (Lipinski definition) is 3. The van der Waals surface area contributed by atoms with Crippen molar-refractivity contribution in [1.29, 1.82) is 0 Å². The molecule has 26 heavy (non-hydrogen) atoms. The fraction of sp³-hybridized carbons (Fsp3) is 0.222. The van der Waals surface area contributed by atoms with E-state index in [0.717, 1.165) is 16.9 Å². The van der Waals surface area contributed by atoms with E-state index in [1.165, 1.54) is 11.9 Å². The van der Waals surface area contributed by atoms with Gasteiger partial charge in [0.25, 0.3) is 5.91 Å². The summed E-state index contributed by atoms with van der Waals surface area (Å²) in [5.74, 6) is -0.291. The zero-order chi connectivity index (χ0) is 18.5. The predicted molar refractivity (Wildman–Crippen MR) is 106 cm³/mol. The van der Waals surface area contributed by atoms with Gasteiger partial charge in [0.2, 0.25) is 0 Å². The molecule has 2 aromatic rings. The van der Waals surface area contributed by atoms with Crippen LogP contribution in [0, 0.1) is 4.91 Å². The molecule has 3 rings (SSSR count). The number of nitrogens with zero attached hydrogens (tertiary/aromatic N) is 2. The first-order chi connectivity index (χ1) is 12.6. The Balaban J connectivity index is 1.83. The van der Waals surface area contributed by atoms with Crippen LogP contribution in [0.15, 0.2) is 57.6 Å². The molecule has 0 radical (unpaired) electrons. The van der Waals surface area contributed by atoms with Crippen LogP contribution in [0.2, 0.25) is 0 Å². The largest absolute Gasteiger partial charge is 0.320 e. The molecule has 0 bridgehead atoms. The lowest BCUT2D eigenvalue weighted by molar-refractivity contribution is -0.110. The van der Waals surface area contributed by atoms with Gasteiger partial charge in [-0.3, -0.25) is 14.9 Å². The average Bonchev–Trinajstić information content (AvgIpc) is 2.99. The van der Waals surface area contributed by atoms with Gasteiger partial charge >= 0.3 is 0 Å². The standard InChI is InChI=1S/C18H19N5O2S/c1-3-11(2)23-26-12-8-9-14-13(10-12)17(18(24)19-14)21-20-15-6-4-5-7-16(15)22-25/h4-11,20,23H,3H2,1-2H3,(H,19,21,24). The normalized spacial score (nSPS) is 15.5. The molecule has 0 aliphatic carbocycles. The minimum Gasteiger partial charge on any atom is -0.320 e. The lowest BCUT2D eigenvalue weighted by Gasteiger charge is -2.10. The van der Waals surface area contributed by atoms with Gasteiger partial charge in [-0.05, 0) is 60.8 Å². The molecule has 3 N–H and O–H groups in total. The van der Waals surface area contributed by atoms with Crippen molar-refractivity contribution in [1.82, 2.24) is 4.72 Å². The summed E-state index contributed by atoms with van der Waals surface area (Å²) in [6, 6.07) is 12.8. The maximum Gasteiger partial charge on any atom is 0.276 e. The van der Waals surface area contributed by atoms with Gasteiger partial charge in [0.05, 0.1) is 11.4 Å². The number of carbonyl (C=O) groups excluding carboxylic acids is 1. The molecule has 7 nitrogen and oxygen atoms in total. The Bertz CT molecular complexity index is 868. The first-order valence-corrected chi connectivity index (χ1v) is 9.08. The molecule has 1 atom stereocenters. The Labute approximate surface area is 155 Å². The Hall–Kier alpha value is -2.71. The summed E-state index contributed by atoms with van der Waals surface area (Å²) in [5, 5.41) is 9.94. The number of benzene rings is 2. The topological polar surface area (TPSA) is 94.9 Å². The quantitative estimate of drug-likeness (QED) is 0.385. The molecule has 0 fully saturated rings. The van der Waals surface area contributed by atoms with Crippen molar-refractivity contribution in [3.63, 3.8) is 0 Å². The van der Waals surface area contributed by atoms with Crippen molar-refractivity contribution in [2.75, 3.05) is 10.7 Å². The van der Waals surface area contributed by atoms with Crippen LogP contribution in [-0.4, -0.2) is 17.7 Å². The van der Waals surface area contributed by atoms with Crippen molar-refractivity contribution >= 4 is 40.6 Å². The van der Waals surface area contributed by atoms with Gasteiger partial charge in [-0.2, -0.15) is 5.10 Å². The second kappa shape index (κ2) is 8.11. The second-order valence-corrected chi connectivity index (χ2v) is 6.78. The molecule has 8 heteroatoms. The lowest BCUT2D eigenvalue weighted by atomic mass is 10.1. The van der Waals surface area contributed by atoms with Crippen molar-refractivity contribution in [3.05, 3.63) is 52.9 Å². The highest BCUT2D eigenvalue weighted by Crippen LogP contribution is 2.29. The third kappa shape index (κ3) is 3.92. The molecule has 1 amide bonds. The van der Waals surface area contributed by atoms with Crippen LogP contribution in [0.3, 0.4) is 0 Å². The molecule has 0 saturated heterocycles. The van der Waals surface area contributed by atoms with E-state index < -0.39 is 0 Å². The number of anilines is 2. The summed E-state index contributed by atoms with van der Waals surface area (Å²) < 4.78 is 3.35. The number of nitrogens with one attached hydrogen (secondary N) is 3. The maximum atomic E-state index is 12.2. The van der Waals surface area contributed by atoms with Crippen molar-refractivity contribution in [2.45, 2.75) is 31.2 Å².